The molecule has 7 nitrogen and oxygen atoms in total. The number of benzene rings is 1. The molecule has 0 bridgehead atoms. The fraction of sp³-hybridized carbons (Fsp3) is 0.500. The average molecular weight is 399 g/mol. The molecule has 156 valence electrons. The van der Waals surface area contributed by atoms with Crippen molar-refractivity contribution in [2.24, 2.45) is 5.92 Å². The molecule has 0 aliphatic heterocycles. The van der Waals surface area contributed by atoms with E-state index in [0.717, 1.165) is 18.5 Å². The third kappa shape index (κ3) is 6.34. The Hall–Kier alpha value is -2.83. The molecule has 1 saturated carbocycles. The summed E-state index contributed by atoms with van der Waals surface area (Å²) in [7, 11) is 0. The summed E-state index contributed by atoms with van der Waals surface area (Å²) in [5.41, 5.74) is 1.94. The highest BCUT2D eigenvalue weighted by atomic mass is 16.5. The highest BCUT2D eigenvalue weighted by molar-refractivity contribution is 5.96. The van der Waals surface area contributed by atoms with Gasteiger partial charge in [-0.1, -0.05) is 50.4 Å². The van der Waals surface area contributed by atoms with Crippen LogP contribution in [0, 0.1) is 5.92 Å². The Labute approximate surface area is 171 Å². The molecule has 7 heteroatoms. The molecular formula is C22H30N4O3. The van der Waals surface area contributed by atoms with Gasteiger partial charge in [0.15, 0.2) is 5.82 Å². The Bertz CT molecular complexity index is 781. The van der Waals surface area contributed by atoms with Gasteiger partial charge >= 0.3 is 6.03 Å². The molecule has 1 aliphatic rings. The molecule has 0 unspecified atom stereocenters. The summed E-state index contributed by atoms with van der Waals surface area (Å²) in [5.74, 6) is 0.915. The molecule has 2 aromatic rings. The van der Waals surface area contributed by atoms with Gasteiger partial charge in [-0.3, -0.25) is 4.79 Å². The lowest BCUT2D eigenvalue weighted by molar-refractivity contribution is -0.116. The van der Waals surface area contributed by atoms with E-state index in [9.17, 15) is 9.59 Å². The summed E-state index contributed by atoms with van der Waals surface area (Å²) in [6, 6.07) is 9.15. The van der Waals surface area contributed by atoms with Gasteiger partial charge in [0.2, 0.25) is 5.91 Å². The van der Waals surface area contributed by atoms with Crippen LogP contribution in [-0.2, 0) is 4.79 Å². The second-order valence-corrected chi connectivity index (χ2v) is 8.02. The zero-order valence-electron chi connectivity index (χ0n) is 17.2. The van der Waals surface area contributed by atoms with Gasteiger partial charge in [0, 0.05) is 18.3 Å². The summed E-state index contributed by atoms with van der Waals surface area (Å²) in [6.45, 7) is 4.81. The van der Waals surface area contributed by atoms with Crippen LogP contribution in [0.25, 0.3) is 0 Å². The number of nitrogens with zero attached hydrogens (tertiary/aromatic N) is 2. The van der Waals surface area contributed by atoms with Crippen LogP contribution in [0.5, 0.6) is 0 Å². The average Bonchev–Trinajstić information content (AvgIpc) is 3.21. The highest BCUT2D eigenvalue weighted by Crippen LogP contribution is 2.25. The Morgan fingerprint density at radius 1 is 1.10 bits per heavy atom. The second kappa shape index (κ2) is 10.1. The smallest absolute Gasteiger partial charge is 0.322 e. The Kier molecular flexibility index (Phi) is 7.27. The molecule has 1 fully saturated rings. The molecule has 1 aromatic carbocycles. The van der Waals surface area contributed by atoms with Crippen LogP contribution in [0.4, 0.5) is 16.3 Å². The van der Waals surface area contributed by atoms with Gasteiger partial charge in [-0.15, -0.1) is 0 Å². The van der Waals surface area contributed by atoms with Gasteiger partial charge in [0.1, 0.15) is 12.8 Å². The van der Waals surface area contributed by atoms with Crippen molar-refractivity contribution in [3.63, 3.8) is 0 Å². The summed E-state index contributed by atoms with van der Waals surface area (Å²) in [6.07, 6.45) is 7.19. The minimum atomic E-state index is -0.292. The van der Waals surface area contributed by atoms with Crippen molar-refractivity contribution in [2.45, 2.75) is 51.9 Å². The first kappa shape index (κ1) is 20.9. The Morgan fingerprint density at radius 2 is 1.83 bits per heavy atom. The van der Waals surface area contributed by atoms with Crippen LogP contribution >= 0.6 is 0 Å². The summed E-state index contributed by atoms with van der Waals surface area (Å²) in [5, 5.41) is 9.29. The fourth-order valence-electron chi connectivity index (χ4n) is 3.69. The number of hydrogen-bond donors (Lipinski definition) is 2. The second-order valence-electron chi connectivity index (χ2n) is 8.02. The largest absolute Gasteiger partial charge is 0.363 e. The van der Waals surface area contributed by atoms with Crippen molar-refractivity contribution in [3.05, 3.63) is 42.2 Å². The minimum absolute atomic E-state index is 0.0285. The molecule has 1 heterocycles. The number of anilines is 2. The Balaban J connectivity index is 1.64. The van der Waals surface area contributed by atoms with Crippen molar-refractivity contribution in [3.8, 4) is 0 Å². The maximum absolute atomic E-state index is 12.9. The number of nitrogens with one attached hydrogen (secondary N) is 2. The first-order valence-electron chi connectivity index (χ1n) is 10.4. The topological polar surface area (TPSA) is 87.5 Å². The van der Waals surface area contributed by atoms with Gasteiger partial charge in [-0.05, 0) is 42.4 Å². The van der Waals surface area contributed by atoms with Crippen LogP contribution in [0.3, 0.4) is 0 Å². The summed E-state index contributed by atoms with van der Waals surface area (Å²) < 4.78 is 4.74. The number of carbonyl (C=O) groups excluding carboxylic acids is 2. The number of carbonyl (C=O) groups is 2. The zero-order chi connectivity index (χ0) is 20.6. The van der Waals surface area contributed by atoms with Gasteiger partial charge < -0.3 is 20.1 Å². The third-order valence-electron chi connectivity index (χ3n) is 5.36. The molecule has 0 saturated heterocycles. The molecule has 0 atom stereocenters. The van der Waals surface area contributed by atoms with Crippen molar-refractivity contribution in [2.75, 3.05) is 23.7 Å². The standard InChI is InChI=1S/C22H30N4O3/c1-16(2)18-8-10-19(11-9-18)23-22(28)26(14-17-6-4-3-5-7-17)15-21(27)24-20-12-13-29-25-20/h8-13,16-17H,3-7,14-15H2,1-2H3,(H,23,28)(H,24,25,27). The highest BCUT2D eigenvalue weighted by Gasteiger charge is 2.23. The number of rotatable bonds is 7. The van der Waals surface area contributed by atoms with Gasteiger partial charge in [0.25, 0.3) is 0 Å². The molecule has 3 amide bonds. The third-order valence-corrected chi connectivity index (χ3v) is 5.36. The van der Waals surface area contributed by atoms with E-state index in [0.29, 0.717) is 24.2 Å². The van der Waals surface area contributed by atoms with E-state index < -0.39 is 0 Å². The predicted octanol–water partition coefficient (Wildman–Crippen LogP) is 4.85. The first-order chi connectivity index (χ1) is 14.0. The Morgan fingerprint density at radius 3 is 2.45 bits per heavy atom. The molecule has 1 aliphatic carbocycles. The van der Waals surface area contributed by atoms with Crippen molar-refractivity contribution in [1.82, 2.24) is 10.1 Å². The molecule has 29 heavy (non-hydrogen) atoms. The van der Waals surface area contributed by atoms with E-state index in [2.05, 4.69) is 29.6 Å². The maximum Gasteiger partial charge on any atom is 0.322 e. The number of urea groups is 1. The number of amides is 3. The summed E-state index contributed by atoms with van der Waals surface area (Å²) in [4.78, 5) is 27.0. The molecule has 0 radical (unpaired) electrons. The summed E-state index contributed by atoms with van der Waals surface area (Å²) >= 11 is 0. The van der Waals surface area contributed by atoms with Gasteiger partial charge in [0.05, 0.1) is 0 Å². The molecular weight excluding hydrogens is 368 g/mol. The first-order valence-corrected chi connectivity index (χ1v) is 10.4. The quantitative estimate of drug-likeness (QED) is 0.698. The van der Waals surface area contributed by atoms with Crippen molar-refractivity contribution in [1.29, 1.82) is 0 Å². The maximum atomic E-state index is 12.9. The number of aromatic nitrogens is 1. The van der Waals surface area contributed by atoms with Gasteiger partial charge in [-0.2, -0.15) is 0 Å². The van der Waals surface area contributed by atoms with E-state index in [1.165, 1.54) is 31.1 Å². The van der Waals surface area contributed by atoms with Crippen molar-refractivity contribution >= 4 is 23.4 Å². The lowest BCUT2D eigenvalue weighted by Gasteiger charge is -2.29. The van der Waals surface area contributed by atoms with Crippen LogP contribution in [0.1, 0.15) is 57.4 Å². The lowest BCUT2D eigenvalue weighted by atomic mass is 9.89. The normalized spacial score (nSPS) is 14.6. The van der Waals surface area contributed by atoms with E-state index in [-0.39, 0.29) is 18.5 Å². The van der Waals surface area contributed by atoms with Gasteiger partial charge in [-0.25, -0.2) is 4.79 Å². The van der Waals surface area contributed by atoms with E-state index >= 15 is 0 Å². The molecule has 3 rings (SSSR count). The van der Waals surface area contributed by atoms with E-state index in [1.54, 1.807) is 11.0 Å². The monoisotopic (exact) mass is 398 g/mol. The van der Waals surface area contributed by atoms with Crippen LogP contribution in [-0.4, -0.2) is 35.1 Å². The zero-order valence-corrected chi connectivity index (χ0v) is 17.2. The van der Waals surface area contributed by atoms with Crippen LogP contribution in [0.2, 0.25) is 0 Å². The van der Waals surface area contributed by atoms with E-state index in [1.807, 2.05) is 24.3 Å². The lowest BCUT2D eigenvalue weighted by Crippen LogP contribution is -2.43. The number of hydrogen-bond acceptors (Lipinski definition) is 4. The fourth-order valence-corrected chi connectivity index (χ4v) is 3.69. The predicted molar refractivity (Wildman–Crippen MR) is 113 cm³/mol. The molecule has 0 spiro atoms. The minimum Gasteiger partial charge on any atom is -0.363 e. The molecule has 2 N–H and O–H groups in total. The van der Waals surface area contributed by atoms with Crippen LogP contribution in [0.15, 0.2) is 41.1 Å². The van der Waals surface area contributed by atoms with Crippen molar-refractivity contribution < 1.29 is 14.1 Å². The van der Waals surface area contributed by atoms with Crippen LogP contribution < -0.4 is 10.6 Å². The van der Waals surface area contributed by atoms with E-state index in [4.69, 9.17) is 4.52 Å². The molecule has 1 aromatic heterocycles. The SMILES string of the molecule is CC(C)c1ccc(NC(=O)N(CC(=O)Nc2ccon2)CC2CCCCC2)cc1.